The predicted octanol–water partition coefficient (Wildman–Crippen LogP) is 1.94. The summed E-state index contributed by atoms with van der Waals surface area (Å²) in [5.74, 6) is -2.72. The Morgan fingerprint density at radius 3 is 2.70 bits per heavy atom. The van der Waals surface area contributed by atoms with Gasteiger partial charge in [-0.2, -0.15) is 4.73 Å². The van der Waals surface area contributed by atoms with Crippen molar-refractivity contribution in [2.24, 2.45) is 5.16 Å². The third kappa shape index (κ3) is 6.43. The Kier molecular flexibility index (Phi) is 8.86. The summed E-state index contributed by atoms with van der Waals surface area (Å²) in [7, 11) is 0. The number of carbonyl (C=O) groups is 3. The quantitative estimate of drug-likeness (QED) is 0.0692. The Labute approximate surface area is 259 Å². The smallest absolute Gasteiger partial charge is 0.352 e. The number of carboxylic acid groups (broad SMARTS) is 1. The van der Waals surface area contributed by atoms with E-state index in [-0.39, 0.29) is 27.9 Å². The number of benzene rings is 1. The van der Waals surface area contributed by atoms with E-state index in [2.05, 4.69) is 15.5 Å². The largest absolute Gasteiger partial charge is 0.503 e. The first kappa shape index (κ1) is 30.3. The van der Waals surface area contributed by atoms with E-state index >= 15 is 0 Å². The Balaban J connectivity index is 1.30. The molecule has 14 nitrogen and oxygen atoms in total. The molecule has 3 aromatic rings. The third-order valence-electron chi connectivity index (χ3n) is 6.20. The van der Waals surface area contributed by atoms with Crippen LogP contribution in [0.15, 0.2) is 68.0 Å². The number of aromatic hydroxyl groups is 1. The number of β-lactam (4-membered cyclic amide) rings is 1. The Morgan fingerprint density at radius 2 is 2.02 bits per heavy atom. The molecule has 0 saturated carbocycles. The zero-order valence-electron chi connectivity index (χ0n) is 21.7. The Morgan fingerprint density at radius 1 is 1.28 bits per heavy atom. The lowest BCUT2D eigenvalue weighted by Gasteiger charge is -2.49. The highest BCUT2D eigenvalue weighted by Gasteiger charge is 2.54. The third-order valence-corrected chi connectivity index (χ3v) is 9.56. The Hall–Kier alpha value is -4.19. The molecule has 0 radical (unpaired) electrons. The fraction of sp³-hybridized carbons (Fsp3) is 0.200. The van der Waals surface area contributed by atoms with Crippen LogP contribution < -0.4 is 16.5 Å². The van der Waals surface area contributed by atoms with Crippen LogP contribution in [-0.2, 0) is 25.8 Å². The van der Waals surface area contributed by atoms with Crippen LogP contribution in [0.4, 0.5) is 5.13 Å². The molecular weight excluding hydrogens is 644 g/mol. The lowest BCUT2D eigenvalue weighted by molar-refractivity contribution is -0.150. The normalized spacial score (nSPS) is 18.2. The van der Waals surface area contributed by atoms with E-state index < -0.39 is 47.0 Å². The number of nitrogens with one attached hydrogen (secondary N) is 1. The minimum Gasteiger partial charge on any atom is -0.503 e. The molecule has 2 aliphatic heterocycles. The zero-order chi connectivity index (χ0) is 30.8. The van der Waals surface area contributed by atoms with Gasteiger partial charge in [-0.15, -0.1) is 34.9 Å². The molecule has 1 saturated heterocycles. The van der Waals surface area contributed by atoms with E-state index in [4.69, 9.17) is 22.2 Å². The zero-order valence-corrected chi connectivity index (χ0v) is 24.9. The molecule has 0 unspecified atom stereocenters. The van der Waals surface area contributed by atoms with Crippen molar-refractivity contribution in [3.63, 3.8) is 0 Å². The van der Waals surface area contributed by atoms with Crippen LogP contribution in [0.3, 0.4) is 0 Å². The van der Waals surface area contributed by atoms with Crippen molar-refractivity contribution in [2.45, 2.75) is 22.9 Å². The molecular formula is C25H21ClN6O8S3. The molecule has 0 aliphatic carbocycles. The van der Waals surface area contributed by atoms with Gasteiger partial charge in [-0.1, -0.05) is 16.8 Å². The molecule has 5 rings (SSSR count). The van der Waals surface area contributed by atoms with Gasteiger partial charge < -0.3 is 31.3 Å². The number of nitrogens with two attached hydrogens (primary N) is 1. The number of aliphatic carboxylic acids is 1. The molecule has 18 heteroatoms. The lowest BCUT2D eigenvalue weighted by Crippen LogP contribution is -2.71. The summed E-state index contributed by atoms with van der Waals surface area (Å²) in [5, 5.41) is 37.1. The van der Waals surface area contributed by atoms with Crippen LogP contribution in [0.2, 0.25) is 5.02 Å². The van der Waals surface area contributed by atoms with Crippen LogP contribution in [0.5, 0.6) is 5.75 Å². The maximum atomic E-state index is 13.3. The summed E-state index contributed by atoms with van der Waals surface area (Å²) in [5.41, 5.74) is 5.01. The van der Waals surface area contributed by atoms with Gasteiger partial charge in [-0.25, -0.2) is 9.78 Å². The first-order valence-electron chi connectivity index (χ1n) is 12.2. The molecule has 43 heavy (non-hydrogen) atoms. The van der Waals surface area contributed by atoms with Crippen LogP contribution in [-0.4, -0.2) is 76.5 Å². The van der Waals surface area contributed by atoms with Gasteiger partial charge in [0.05, 0.1) is 6.20 Å². The summed E-state index contributed by atoms with van der Waals surface area (Å²) in [6.45, 7) is -0.472. The number of anilines is 1. The number of pyridine rings is 1. The van der Waals surface area contributed by atoms with E-state index in [9.17, 15) is 34.6 Å². The number of nitrogens with zero attached hydrogens (tertiary/aromatic N) is 4. The van der Waals surface area contributed by atoms with Gasteiger partial charge >= 0.3 is 5.97 Å². The number of hydrogen-bond donors (Lipinski definition) is 5. The van der Waals surface area contributed by atoms with Crippen molar-refractivity contribution in [1.29, 1.82) is 0 Å². The monoisotopic (exact) mass is 664 g/mol. The van der Waals surface area contributed by atoms with Gasteiger partial charge in [0.15, 0.2) is 23.2 Å². The highest BCUT2D eigenvalue weighted by atomic mass is 35.5. The van der Waals surface area contributed by atoms with E-state index in [1.807, 2.05) is 12.1 Å². The second kappa shape index (κ2) is 12.6. The predicted molar refractivity (Wildman–Crippen MR) is 159 cm³/mol. The fourth-order valence-electron chi connectivity index (χ4n) is 4.13. The molecule has 2 atom stereocenters. The average molecular weight is 665 g/mol. The number of thiazole rings is 1. The van der Waals surface area contributed by atoms with E-state index in [1.165, 1.54) is 33.8 Å². The maximum absolute atomic E-state index is 13.3. The molecule has 2 amide bonds. The minimum absolute atomic E-state index is 0.0413. The Bertz CT molecular complexity index is 1720. The number of amides is 2. The molecule has 224 valence electrons. The second-order valence-corrected chi connectivity index (χ2v) is 12.5. The highest BCUT2D eigenvalue weighted by Crippen LogP contribution is 2.41. The summed E-state index contributed by atoms with van der Waals surface area (Å²) in [6.07, 6.45) is 0.775. The van der Waals surface area contributed by atoms with Crippen LogP contribution in [0.25, 0.3) is 0 Å². The molecule has 1 fully saturated rings. The maximum Gasteiger partial charge on any atom is 0.352 e. The number of hydrogen-bond acceptors (Lipinski definition) is 13. The van der Waals surface area contributed by atoms with Crippen molar-refractivity contribution in [3.8, 4) is 5.75 Å². The van der Waals surface area contributed by atoms with Crippen molar-refractivity contribution in [1.82, 2.24) is 19.9 Å². The number of halogens is 1. The number of aromatic nitrogens is 2. The second-order valence-electron chi connectivity index (χ2n) is 9.00. The number of carboxylic acids is 1. The topological polar surface area (TPSA) is 210 Å². The van der Waals surface area contributed by atoms with Gasteiger partial charge in [-0.3, -0.25) is 19.3 Å². The van der Waals surface area contributed by atoms with Crippen molar-refractivity contribution in [3.05, 3.63) is 79.8 Å². The standard InChI is InChI=1S/C25H21ClN6O8S3/c26-12-1-3-14(4-2-12)41-8-11-9-42-23-19(22(36)32(23)20(11)24(37)38)29-21(35)18(15-10-43-25(27)28-15)30-40-7-13-5-16(33)17(34)6-31(13)39/h1-6,10,19,23,34,39H,7-9H2,(H2,27,28)(H,29,35)(H,37,38)/b30-18-/t19-,23-/m1/s1. The first-order valence-corrected chi connectivity index (χ1v) is 15.5. The highest BCUT2D eigenvalue weighted by molar-refractivity contribution is 8.01. The van der Waals surface area contributed by atoms with E-state index in [0.29, 0.717) is 26.8 Å². The van der Waals surface area contributed by atoms with Gasteiger partial charge in [0.2, 0.25) is 5.43 Å². The minimum atomic E-state index is -1.25. The van der Waals surface area contributed by atoms with Crippen molar-refractivity contribution >= 4 is 75.1 Å². The average Bonchev–Trinajstić information content (AvgIpc) is 3.41. The number of thioether (sulfide) groups is 2. The van der Waals surface area contributed by atoms with Crippen LogP contribution >= 0.6 is 46.5 Å². The van der Waals surface area contributed by atoms with Crippen LogP contribution in [0.1, 0.15) is 11.4 Å². The molecule has 6 N–H and O–H groups in total. The van der Waals surface area contributed by atoms with Gasteiger partial charge in [0.1, 0.15) is 28.5 Å². The van der Waals surface area contributed by atoms with Crippen molar-refractivity contribution < 1.29 is 34.6 Å². The molecule has 0 bridgehead atoms. The molecule has 4 heterocycles. The molecule has 0 spiro atoms. The summed E-state index contributed by atoms with van der Waals surface area (Å²) < 4.78 is 0.463. The molecule has 2 aromatic heterocycles. The summed E-state index contributed by atoms with van der Waals surface area (Å²) in [6, 6.07) is 6.96. The summed E-state index contributed by atoms with van der Waals surface area (Å²) in [4.78, 5) is 61.6. The molecule has 2 aliphatic rings. The van der Waals surface area contributed by atoms with Gasteiger partial charge in [-0.05, 0) is 29.8 Å². The lowest BCUT2D eigenvalue weighted by atomic mass is 10.0. The SMILES string of the molecule is Nc1nc(/C(=N/OCc2cc(=O)c(O)cn2O)C(=O)N[C@@H]2C(=O)N3C(C(=O)O)=C(CSc4ccc(Cl)cc4)CS[C@H]23)cs1. The van der Waals surface area contributed by atoms with Gasteiger partial charge in [0, 0.05) is 32.9 Å². The van der Waals surface area contributed by atoms with Crippen molar-refractivity contribution in [2.75, 3.05) is 17.2 Å². The fourth-order valence-corrected chi connectivity index (χ4v) is 7.19. The van der Waals surface area contributed by atoms with E-state index in [1.54, 1.807) is 12.1 Å². The van der Waals surface area contributed by atoms with Gasteiger partial charge in [0.25, 0.3) is 11.8 Å². The van der Waals surface area contributed by atoms with Crippen LogP contribution in [0, 0.1) is 0 Å². The number of oxime groups is 1. The van der Waals surface area contributed by atoms with E-state index in [0.717, 1.165) is 28.5 Å². The number of nitrogen functional groups attached to an aromatic ring is 1. The number of fused-ring (bicyclic) bond motifs is 1. The number of rotatable bonds is 10. The summed E-state index contributed by atoms with van der Waals surface area (Å²) >= 11 is 9.69. The first-order chi connectivity index (χ1) is 20.5. The number of carbonyl (C=O) groups excluding carboxylic acids is 2. The molecule has 1 aromatic carbocycles.